The zero-order valence-corrected chi connectivity index (χ0v) is 14.8. The van der Waals surface area contributed by atoms with Crippen molar-refractivity contribution in [1.29, 1.82) is 0 Å². The van der Waals surface area contributed by atoms with Gasteiger partial charge in [-0.1, -0.05) is 18.2 Å². The van der Waals surface area contributed by atoms with Crippen molar-refractivity contribution < 1.29 is 14.4 Å². The Bertz CT molecular complexity index is 604. The molecule has 0 bridgehead atoms. The van der Waals surface area contributed by atoms with Gasteiger partial charge in [-0.3, -0.25) is 14.5 Å². The van der Waals surface area contributed by atoms with Crippen LogP contribution in [0, 0.1) is 0 Å². The summed E-state index contributed by atoms with van der Waals surface area (Å²) < 4.78 is 0. The van der Waals surface area contributed by atoms with Gasteiger partial charge in [0.1, 0.15) is 5.54 Å². The van der Waals surface area contributed by atoms with Crippen LogP contribution >= 0.6 is 11.8 Å². The number of nitrogens with zero attached hydrogens (tertiary/aromatic N) is 1. The molecule has 130 valence electrons. The molecule has 7 heteroatoms. The van der Waals surface area contributed by atoms with E-state index >= 15 is 0 Å². The molecule has 0 atom stereocenters. The summed E-state index contributed by atoms with van der Waals surface area (Å²) in [6, 6.07) is 9.57. The minimum absolute atomic E-state index is 0.0176. The smallest absolute Gasteiger partial charge is 0.325 e. The summed E-state index contributed by atoms with van der Waals surface area (Å²) in [5.74, 6) is 0.478. The van der Waals surface area contributed by atoms with E-state index in [0.717, 1.165) is 10.6 Å². The maximum Gasteiger partial charge on any atom is 0.325 e. The third-order valence-electron chi connectivity index (χ3n) is 3.67. The van der Waals surface area contributed by atoms with E-state index in [0.29, 0.717) is 25.9 Å². The first kappa shape index (κ1) is 18.3. The SMILES string of the molecule is CC1(C)NC(=O)N(CCCNC(=O)CCSc2ccccc2)C1=O. The number of urea groups is 1. The van der Waals surface area contributed by atoms with Gasteiger partial charge in [0.25, 0.3) is 5.91 Å². The molecular formula is C17H23N3O3S. The van der Waals surface area contributed by atoms with Crippen molar-refractivity contribution in [3.05, 3.63) is 30.3 Å². The maximum absolute atomic E-state index is 12.0. The van der Waals surface area contributed by atoms with Crippen LogP contribution in [0.15, 0.2) is 35.2 Å². The average Bonchev–Trinajstić information content (AvgIpc) is 2.73. The molecule has 1 aliphatic rings. The highest BCUT2D eigenvalue weighted by Gasteiger charge is 2.43. The molecule has 0 unspecified atom stereocenters. The van der Waals surface area contributed by atoms with Crippen molar-refractivity contribution in [2.75, 3.05) is 18.8 Å². The van der Waals surface area contributed by atoms with E-state index in [2.05, 4.69) is 10.6 Å². The Balaban J connectivity index is 1.60. The van der Waals surface area contributed by atoms with Crippen LogP contribution in [0.2, 0.25) is 0 Å². The molecule has 1 aliphatic heterocycles. The first-order chi connectivity index (χ1) is 11.4. The third kappa shape index (κ3) is 4.99. The average molecular weight is 349 g/mol. The van der Waals surface area contributed by atoms with Crippen LogP contribution in [-0.2, 0) is 9.59 Å². The second kappa shape index (κ2) is 8.19. The molecule has 1 heterocycles. The Labute approximate surface area is 146 Å². The quantitative estimate of drug-likeness (QED) is 0.427. The zero-order valence-electron chi connectivity index (χ0n) is 14.0. The Hall–Kier alpha value is -2.02. The number of hydrogen-bond donors (Lipinski definition) is 2. The molecule has 1 aromatic carbocycles. The van der Waals surface area contributed by atoms with Gasteiger partial charge in [0.15, 0.2) is 0 Å². The van der Waals surface area contributed by atoms with Gasteiger partial charge < -0.3 is 10.6 Å². The fraction of sp³-hybridized carbons (Fsp3) is 0.471. The molecule has 24 heavy (non-hydrogen) atoms. The summed E-state index contributed by atoms with van der Waals surface area (Å²) in [6.45, 7) is 4.12. The highest BCUT2D eigenvalue weighted by atomic mass is 32.2. The summed E-state index contributed by atoms with van der Waals surface area (Å²) in [6.07, 6.45) is 0.989. The molecule has 0 aliphatic carbocycles. The Morgan fingerprint density at radius 2 is 1.96 bits per heavy atom. The molecule has 0 aromatic heterocycles. The van der Waals surface area contributed by atoms with Crippen molar-refractivity contribution in [3.63, 3.8) is 0 Å². The van der Waals surface area contributed by atoms with E-state index in [1.54, 1.807) is 25.6 Å². The number of hydrogen-bond acceptors (Lipinski definition) is 4. The van der Waals surface area contributed by atoms with Gasteiger partial charge in [-0.05, 0) is 32.4 Å². The lowest BCUT2D eigenvalue weighted by molar-refractivity contribution is -0.130. The second-order valence-corrected chi connectivity index (χ2v) is 7.30. The minimum atomic E-state index is -0.838. The summed E-state index contributed by atoms with van der Waals surface area (Å²) in [5, 5.41) is 5.45. The Kier molecular flexibility index (Phi) is 6.25. The van der Waals surface area contributed by atoms with Crippen molar-refractivity contribution in [2.24, 2.45) is 0 Å². The number of nitrogens with one attached hydrogen (secondary N) is 2. The predicted molar refractivity (Wildman–Crippen MR) is 93.7 cm³/mol. The fourth-order valence-corrected chi connectivity index (χ4v) is 3.23. The van der Waals surface area contributed by atoms with Crippen molar-refractivity contribution in [2.45, 2.75) is 37.1 Å². The topological polar surface area (TPSA) is 78.5 Å². The van der Waals surface area contributed by atoms with E-state index in [1.165, 1.54) is 4.90 Å². The van der Waals surface area contributed by atoms with E-state index < -0.39 is 5.54 Å². The van der Waals surface area contributed by atoms with Gasteiger partial charge in [-0.2, -0.15) is 0 Å². The Morgan fingerprint density at radius 1 is 1.25 bits per heavy atom. The summed E-state index contributed by atoms with van der Waals surface area (Å²) in [7, 11) is 0. The van der Waals surface area contributed by atoms with Crippen molar-refractivity contribution in [3.8, 4) is 0 Å². The van der Waals surface area contributed by atoms with Gasteiger partial charge in [0.2, 0.25) is 5.91 Å². The van der Waals surface area contributed by atoms with Crippen LogP contribution < -0.4 is 10.6 Å². The van der Waals surface area contributed by atoms with E-state index in [-0.39, 0.29) is 17.8 Å². The number of benzene rings is 1. The van der Waals surface area contributed by atoms with Crippen molar-refractivity contribution >= 4 is 29.6 Å². The van der Waals surface area contributed by atoms with Crippen LogP contribution in [-0.4, -0.2) is 47.1 Å². The number of rotatable bonds is 8. The molecule has 4 amide bonds. The van der Waals surface area contributed by atoms with Gasteiger partial charge in [0.05, 0.1) is 0 Å². The lowest BCUT2D eigenvalue weighted by atomic mass is 10.1. The van der Waals surface area contributed by atoms with Gasteiger partial charge in [-0.25, -0.2) is 4.79 Å². The molecule has 2 rings (SSSR count). The predicted octanol–water partition coefficient (Wildman–Crippen LogP) is 2.01. The first-order valence-electron chi connectivity index (χ1n) is 7.99. The van der Waals surface area contributed by atoms with Gasteiger partial charge in [0, 0.05) is 30.2 Å². The Morgan fingerprint density at radius 3 is 2.58 bits per heavy atom. The molecule has 1 fully saturated rings. The van der Waals surface area contributed by atoms with Gasteiger partial charge in [-0.15, -0.1) is 11.8 Å². The monoisotopic (exact) mass is 349 g/mol. The number of thioether (sulfide) groups is 1. The summed E-state index contributed by atoms with van der Waals surface area (Å²) in [4.78, 5) is 37.8. The first-order valence-corrected chi connectivity index (χ1v) is 8.97. The van der Waals surface area contributed by atoms with Gasteiger partial charge >= 0.3 is 6.03 Å². The minimum Gasteiger partial charge on any atom is -0.356 e. The summed E-state index contributed by atoms with van der Waals surface area (Å²) >= 11 is 1.64. The lowest BCUT2D eigenvalue weighted by Gasteiger charge is -2.15. The van der Waals surface area contributed by atoms with Crippen LogP contribution in [0.1, 0.15) is 26.7 Å². The molecule has 1 saturated heterocycles. The third-order valence-corrected chi connectivity index (χ3v) is 4.68. The fourth-order valence-electron chi connectivity index (χ4n) is 2.35. The largest absolute Gasteiger partial charge is 0.356 e. The molecule has 0 spiro atoms. The van der Waals surface area contributed by atoms with Crippen LogP contribution in [0.4, 0.5) is 4.79 Å². The number of amides is 4. The molecule has 0 saturated carbocycles. The molecular weight excluding hydrogens is 326 g/mol. The lowest BCUT2D eigenvalue weighted by Crippen LogP contribution is -2.40. The standard InChI is InChI=1S/C17H23N3O3S/c1-17(2)15(22)20(16(23)19-17)11-6-10-18-14(21)9-12-24-13-7-4-3-5-8-13/h3-5,7-8H,6,9-12H2,1-2H3,(H,18,21)(H,19,23). The van der Waals surface area contributed by atoms with Crippen molar-refractivity contribution in [1.82, 2.24) is 15.5 Å². The number of carbonyl (C=O) groups is 3. The molecule has 1 aromatic rings. The van der Waals surface area contributed by atoms with Crippen LogP contribution in [0.5, 0.6) is 0 Å². The highest BCUT2D eigenvalue weighted by molar-refractivity contribution is 7.99. The van der Waals surface area contributed by atoms with E-state index in [4.69, 9.17) is 0 Å². The zero-order chi connectivity index (χ0) is 17.6. The van der Waals surface area contributed by atoms with E-state index in [9.17, 15) is 14.4 Å². The molecule has 0 radical (unpaired) electrons. The molecule has 2 N–H and O–H groups in total. The normalized spacial score (nSPS) is 16.2. The maximum atomic E-state index is 12.0. The van der Waals surface area contributed by atoms with E-state index in [1.807, 2.05) is 30.3 Å². The number of imide groups is 1. The molecule has 6 nitrogen and oxygen atoms in total. The summed E-state index contributed by atoms with van der Waals surface area (Å²) in [5.41, 5.74) is -0.838. The van der Waals surface area contributed by atoms with Crippen LogP contribution in [0.3, 0.4) is 0 Å². The number of carbonyl (C=O) groups excluding carboxylic acids is 3. The van der Waals surface area contributed by atoms with Crippen LogP contribution in [0.25, 0.3) is 0 Å². The highest BCUT2D eigenvalue weighted by Crippen LogP contribution is 2.18. The second-order valence-electron chi connectivity index (χ2n) is 6.13.